The van der Waals surface area contributed by atoms with E-state index in [1.54, 1.807) is 13.0 Å². The molecule has 0 amide bonds. The lowest BCUT2D eigenvalue weighted by Crippen LogP contribution is -2.37. The minimum absolute atomic E-state index is 0.303. The van der Waals surface area contributed by atoms with Crippen molar-refractivity contribution in [2.75, 3.05) is 18.6 Å². The first-order valence-corrected chi connectivity index (χ1v) is 9.90. The van der Waals surface area contributed by atoms with Crippen molar-refractivity contribution in [1.82, 2.24) is 4.57 Å². The second-order valence-electron chi connectivity index (χ2n) is 7.54. The molecule has 0 spiro atoms. The smallest absolute Gasteiger partial charge is 0.164 e. The summed E-state index contributed by atoms with van der Waals surface area (Å²) < 4.78 is 28.0. The lowest BCUT2D eigenvalue weighted by atomic mass is 9.92. The summed E-state index contributed by atoms with van der Waals surface area (Å²) in [5.41, 5.74) is 2.82. The molecule has 3 aliphatic heterocycles. The standard InChI is InChI=1S/C20H21ClFN3O4/c1-9-14-13(22)7-25(19(14)24-8-23-9)20-16(27)15(26)18(29-20)17-12-3-2-11(21)6-10(12)4-5-28-17/h2-3,6-7,15-18,20,24,26-27H,4-5,8H2,1H3/t15-,16+,17+,18-,20+/m0/s1. The van der Waals surface area contributed by atoms with E-state index in [1.165, 1.54) is 10.8 Å². The number of hydrogen-bond donors (Lipinski definition) is 3. The topological polar surface area (TPSA) is 88.2 Å². The van der Waals surface area contributed by atoms with E-state index in [0.717, 1.165) is 11.1 Å². The molecule has 5 rings (SSSR count). The average Bonchev–Trinajstić information content (AvgIpc) is 3.19. The van der Waals surface area contributed by atoms with Gasteiger partial charge in [0.15, 0.2) is 12.0 Å². The Morgan fingerprint density at radius 3 is 2.97 bits per heavy atom. The van der Waals surface area contributed by atoms with Crippen LogP contribution in [0.5, 0.6) is 0 Å². The van der Waals surface area contributed by atoms with Gasteiger partial charge in [-0.2, -0.15) is 0 Å². The minimum Gasteiger partial charge on any atom is -0.387 e. The highest BCUT2D eigenvalue weighted by Gasteiger charge is 2.49. The molecule has 4 heterocycles. The van der Waals surface area contributed by atoms with Gasteiger partial charge < -0.3 is 29.6 Å². The number of fused-ring (bicyclic) bond motifs is 2. The average molecular weight is 422 g/mol. The van der Waals surface area contributed by atoms with Gasteiger partial charge in [-0.05, 0) is 36.6 Å². The van der Waals surface area contributed by atoms with Gasteiger partial charge in [0.25, 0.3) is 0 Å². The molecule has 1 fully saturated rings. The number of rotatable bonds is 2. The van der Waals surface area contributed by atoms with Gasteiger partial charge in [0.1, 0.15) is 36.9 Å². The zero-order valence-electron chi connectivity index (χ0n) is 15.7. The molecule has 1 aromatic heterocycles. The third-order valence-corrected chi connectivity index (χ3v) is 6.07. The van der Waals surface area contributed by atoms with Gasteiger partial charge in [0.05, 0.1) is 12.2 Å². The SMILES string of the molecule is CC1=NCNc2c1c(F)cn2[C@@H]1O[C@H]([C@@H]2OCCc3cc(Cl)ccc32)[C@@H](O)[C@H]1O. The maximum Gasteiger partial charge on any atom is 0.164 e. The van der Waals surface area contributed by atoms with Crippen molar-refractivity contribution in [3.8, 4) is 0 Å². The number of halogens is 2. The summed E-state index contributed by atoms with van der Waals surface area (Å²) in [5, 5.41) is 25.1. The molecule has 0 aliphatic carbocycles. The van der Waals surface area contributed by atoms with E-state index < -0.39 is 36.5 Å². The highest BCUT2D eigenvalue weighted by atomic mass is 35.5. The quantitative estimate of drug-likeness (QED) is 0.693. The molecule has 3 aliphatic rings. The largest absolute Gasteiger partial charge is 0.387 e. The molecule has 5 atom stereocenters. The molecular weight excluding hydrogens is 401 g/mol. The third kappa shape index (κ3) is 2.98. The van der Waals surface area contributed by atoms with Crippen molar-refractivity contribution < 1.29 is 24.1 Å². The van der Waals surface area contributed by atoms with Crippen LogP contribution in [0.25, 0.3) is 0 Å². The number of aliphatic hydroxyl groups is 2. The van der Waals surface area contributed by atoms with Gasteiger partial charge in [0, 0.05) is 16.9 Å². The molecule has 1 saturated heterocycles. The molecule has 154 valence electrons. The van der Waals surface area contributed by atoms with Crippen molar-refractivity contribution in [3.63, 3.8) is 0 Å². The number of nitrogens with one attached hydrogen (secondary N) is 1. The number of nitrogens with zero attached hydrogens (tertiary/aromatic N) is 2. The molecular formula is C20H21ClFN3O4. The third-order valence-electron chi connectivity index (χ3n) is 5.84. The molecule has 0 bridgehead atoms. The first-order chi connectivity index (χ1) is 14.0. The van der Waals surface area contributed by atoms with Crippen LogP contribution in [0.4, 0.5) is 10.2 Å². The lowest BCUT2D eigenvalue weighted by molar-refractivity contribution is -0.114. The second-order valence-corrected chi connectivity index (χ2v) is 7.98. The summed E-state index contributed by atoms with van der Waals surface area (Å²) in [6.45, 7) is 2.49. The summed E-state index contributed by atoms with van der Waals surface area (Å²) in [7, 11) is 0. The Kier molecular flexibility index (Phi) is 4.64. The normalized spacial score (nSPS) is 31.1. The number of aromatic nitrogens is 1. The highest BCUT2D eigenvalue weighted by Crippen LogP contribution is 2.43. The first-order valence-electron chi connectivity index (χ1n) is 9.53. The monoisotopic (exact) mass is 421 g/mol. The number of hydrogen-bond acceptors (Lipinski definition) is 6. The summed E-state index contributed by atoms with van der Waals surface area (Å²) >= 11 is 6.10. The zero-order chi connectivity index (χ0) is 20.3. The predicted octanol–water partition coefficient (Wildman–Crippen LogP) is 2.41. The van der Waals surface area contributed by atoms with Gasteiger partial charge in [-0.25, -0.2) is 4.39 Å². The van der Waals surface area contributed by atoms with Crippen LogP contribution in [0.1, 0.15) is 35.9 Å². The Labute approximate surface area is 171 Å². The van der Waals surface area contributed by atoms with E-state index in [-0.39, 0.29) is 0 Å². The minimum atomic E-state index is -1.25. The maximum absolute atomic E-state index is 14.5. The van der Waals surface area contributed by atoms with Gasteiger partial charge in [-0.1, -0.05) is 17.7 Å². The summed E-state index contributed by atoms with van der Waals surface area (Å²) in [4.78, 5) is 4.20. The van der Waals surface area contributed by atoms with Crippen molar-refractivity contribution in [3.05, 3.63) is 51.9 Å². The van der Waals surface area contributed by atoms with Crippen molar-refractivity contribution in [2.45, 2.75) is 44.0 Å². The van der Waals surface area contributed by atoms with E-state index in [9.17, 15) is 14.6 Å². The van der Waals surface area contributed by atoms with E-state index in [4.69, 9.17) is 21.1 Å². The van der Waals surface area contributed by atoms with Crippen molar-refractivity contribution in [1.29, 1.82) is 0 Å². The van der Waals surface area contributed by atoms with Crippen LogP contribution >= 0.6 is 11.6 Å². The van der Waals surface area contributed by atoms with Crippen molar-refractivity contribution >= 4 is 23.1 Å². The van der Waals surface area contributed by atoms with E-state index >= 15 is 0 Å². The van der Waals surface area contributed by atoms with E-state index in [2.05, 4.69) is 10.3 Å². The second kappa shape index (κ2) is 7.07. The fraction of sp³-hybridized carbons (Fsp3) is 0.450. The van der Waals surface area contributed by atoms with Gasteiger partial charge in [-0.3, -0.25) is 4.99 Å². The van der Waals surface area contributed by atoms with E-state index in [1.807, 2.05) is 12.1 Å². The summed E-state index contributed by atoms with van der Waals surface area (Å²) in [5.74, 6) is 0.0136. The zero-order valence-corrected chi connectivity index (χ0v) is 16.4. The van der Waals surface area contributed by atoms with Gasteiger partial charge in [0.2, 0.25) is 0 Å². The van der Waals surface area contributed by atoms with Gasteiger partial charge >= 0.3 is 0 Å². The Hall–Kier alpha value is -1.97. The fourth-order valence-corrected chi connectivity index (χ4v) is 4.62. The molecule has 0 saturated carbocycles. The van der Waals surface area contributed by atoms with Crippen LogP contribution in [0.15, 0.2) is 29.4 Å². The van der Waals surface area contributed by atoms with E-state index in [0.29, 0.717) is 41.8 Å². The molecule has 9 heteroatoms. The summed E-state index contributed by atoms with van der Waals surface area (Å²) in [6, 6.07) is 5.50. The number of aliphatic hydroxyl groups excluding tert-OH is 2. The lowest BCUT2D eigenvalue weighted by Gasteiger charge is -2.31. The number of benzene rings is 1. The Morgan fingerprint density at radius 2 is 2.14 bits per heavy atom. The number of ether oxygens (including phenoxy) is 2. The fourth-order valence-electron chi connectivity index (χ4n) is 4.42. The van der Waals surface area contributed by atoms with Crippen molar-refractivity contribution in [2.24, 2.45) is 4.99 Å². The van der Waals surface area contributed by atoms with Crippen LogP contribution < -0.4 is 5.32 Å². The van der Waals surface area contributed by atoms with Crippen LogP contribution in [0.2, 0.25) is 5.02 Å². The number of anilines is 1. The molecule has 1 aromatic carbocycles. The van der Waals surface area contributed by atoms with Gasteiger partial charge in [-0.15, -0.1) is 0 Å². The number of aliphatic imine (C=N–C) groups is 1. The first kappa shape index (κ1) is 19.0. The predicted molar refractivity (Wildman–Crippen MR) is 105 cm³/mol. The molecule has 2 aromatic rings. The molecule has 7 nitrogen and oxygen atoms in total. The molecule has 0 unspecified atom stereocenters. The van der Waals surface area contributed by atoms with Crippen LogP contribution in [0, 0.1) is 5.82 Å². The molecule has 3 N–H and O–H groups in total. The molecule has 0 radical (unpaired) electrons. The van der Waals surface area contributed by atoms with Crippen LogP contribution in [-0.4, -0.2) is 52.1 Å². The van der Waals surface area contributed by atoms with Crippen LogP contribution in [0.3, 0.4) is 0 Å². The Balaban J connectivity index is 1.49. The van der Waals surface area contributed by atoms with Crippen LogP contribution in [-0.2, 0) is 15.9 Å². The Morgan fingerprint density at radius 1 is 1.31 bits per heavy atom. The highest BCUT2D eigenvalue weighted by molar-refractivity contribution is 6.30. The molecule has 29 heavy (non-hydrogen) atoms. The summed E-state index contributed by atoms with van der Waals surface area (Å²) in [6.07, 6.45) is -2.81. The maximum atomic E-state index is 14.5. The Bertz CT molecular complexity index is 994.